The molecule has 31 heavy (non-hydrogen) atoms. The van der Waals surface area contributed by atoms with Gasteiger partial charge in [-0.15, -0.1) is 0 Å². The van der Waals surface area contributed by atoms with Gasteiger partial charge in [-0.3, -0.25) is 5.32 Å². The number of amides is 2. The normalized spacial score (nSPS) is 15.2. The summed E-state index contributed by atoms with van der Waals surface area (Å²) in [5, 5.41) is 7.03. The molecule has 170 valence electrons. The summed E-state index contributed by atoms with van der Waals surface area (Å²) < 4.78 is 13.1. The number of aromatic nitrogens is 3. The Morgan fingerprint density at radius 3 is 2.23 bits per heavy atom. The van der Waals surface area contributed by atoms with Gasteiger partial charge in [0, 0.05) is 32.2 Å². The summed E-state index contributed by atoms with van der Waals surface area (Å²) in [5.74, 6) is 1.11. The van der Waals surface area contributed by atoms with Gasteiger partial charge in [-0.1, -0.05) is 0 Å². The van der Waals surface area contributed by atoms with Crippen molar-refractivity contribution in [3.05, 3.63) is 16.7 Å². The van der Waals surface area contributed by atoms with Crippen molar-refractivity contribution in [3.8, 4) is 0 Å². The van der Waals surface area contributed by atoms with Crippen LogP contribution in [0.25, 0.3) is 5.65 Å². The first-order valence-corrected chi connectivity index (χ1v) is 10.9. The number of fused-ring (bicyclic) bond motifs is 1. The average Bonchev–Trinajstić information content (AvgIpc) is 3.00. The molecule has 1 fully saturated rings. The van der Waals surface area contributed by atoms with E-state index in [4.69, 9.17) is 9.47 Å². The molecule has 0 radical (unpaired) electrons. The van der Waals surface area contributed by atoms with E-state index in [-0.39, 0.29) is 6.09 Å². The Kier molecular flexibility index (Phi) is 6.35. The largest absolute Gasteiger partial charge is 0.444 e. The number of carbonyl (C=O) groups excluding carboxylic acids is 2. The number of carbonyl (C=O) groups is 2. The first-order valence-electron chi connectivity index (χ1n) is 10.1. The molecule has 3 heterocycles. The Hall–Kier alpha value is -2.56. The third-order valence-electron chi connectivity index (χ3n) is 4.30. The number of anilines is 2. The summed E-state index contributed by atoms with van der Waals surface area (Å²) in [6.07, 6.45) is 0.723. The van der Waals surface area contributed by atoms with Crippen molar-refractivity contribution in [2.45, 2.75) is 52.7 Å². The van der Waals surface area contributed by atoms with Crippen LogP contribution in [0, 0.1) is 0 Å². The molecule has 1 aliphatic heterocycles. The molecule has 2 amide bonds. The summed E-state index contributed by atoms with van der Waals surface area (Å²) in [6, 6.07) is 1.75. The van der Waals surface area contributed by atoms with Gasteiger partial charge in [-0.2, -0.15) is 9.61 Å². The lowest BCUT2D eigenvalue weighted by atomic mass is 10.2. The van der Waals surface area contributed by atoms with Gasteiger partial charge in [0.25, 0.3) is 0 Å². The van der Waals surface area contributed by atoms with Gasteiger partial charge in [0.1, 0.15) is 22.8 Å². The zero-order valence-electron chi connectivity index (χ0n) is 18.7. The fourth-order valence-corrected chi connectivity index (χ4v) is 3.38. The van der Waals surface area contributed by atoms with Crippen molar-refractivity contribution in [1.29, 1.82) is 0 Å². The maximum atomic E-state index is 12.3. The Labute approximate surface area is 190 Å². The van der Waals surface area contributed by atoms with Crippen molar-refractivity contribution < 1.29 is 19.1 Å². The van der Waals surface area contributed by atoms with E-state index in [1.165, 1.54) is 4.52 Å². The number of halogens is 1. The van der Waals surface area contributed by atoms with Gasteiger partial charge in [-0.25, -0.2) is 14.6 Å². The van der Waals surface area contributed by atoms with Crippen LogP contribution in [0.3, 0.4) is 0 Å². The van der Waals surface area contributed by atoms with Gasteiger partial charge in [-0.05, 0) is 57.5 Å². The van der Waals surface area contributed by atoms with Gasteiger partial charge < -0.3 is 19.3 Å². The smallest absolute Gasteiger partial charge is 0.413 e. The van der Waals surface area contributed by atoms with Crippen molar-refractivity contribution in [2.24, 2.45) is 0 Å². The SMILES string of the molecule is CC(C)(C)OC(=O)Nc1cc(N2CCN(C(=O)OC(C)(C)C)CC2)nc2c(Br)cnn12. The number of piperazine rings is 1. The van der Waals surface area contributed by atoms with Crippen LogP contribution < -0.4 is 10.2 Å². The maximum absolute atomic E-state index is 12.3. The minimum atomic E-state index is -0.623. The number of nitrogens with one attached hydrogen (secondary N) is 1. The first-order chi connectivity index (χ1) is 14.3. The van der Waals surface area contributed by atoms with Crippen molar-refractivity contribution >= 4 is 45.4 Å². The first kappa shape index (κ1) is 23.1. The topological polar surface area (TPSA) is 101 Å². The van der Waals surface area contributed by atoms with Crippen LogP contribution in [0.1, 0.15) is 41.5 Å². The van der Waals surface area contributed by atoms with E-state index in [1.807, 2.05) is 20.8 Å². The summed E-state index contributed by atoms with van der Waals surface area (Å²) in [7, 11) is 0. The van der Waals surface area contributed by atoms with Crippen LogP contribution in [0.15, 0.2) is 16.7 Å². The van der Waals surface area contributed by atoms with E-state index < -0.39 is 17.3 Å². The average molecular weight is 497 g/mol. The van der Waals surface area contributed by atoms with Crippen molar-refractivity contribution in [3.63, 3.8) is 0 Å². The second-order valence-corrected chi connectivity index (χ2v) is 10.2. The number of hydrogen-bond donors (Lipinski definition) is 1. The highest BCUT2D eigenvalue weighted by Gasteiger charge is 2.27. The van der Waals surface area contributed by atoms with Crippen LogP contribution in [0.2, 0.25) is 0 Å². The van der Waals surface area contributed by atoms with Gasteiger partial charge in [0.2, 0.25) is 0 Å². The summed E-state index contributed by atoms with van der Waals surface area (Å²) in [6.45, 7) is 13.1. The number of nitrogens with zero attached hydrogens (tertiary/aromatic N) is 5. The van der Waals surface area contributed by atoms with Gasteiger partial charge >= 0.3 is 12.2 Å². The third-order valence-corrected chi connectivity index (χ3v) is 4.86. The molecular weight excluding hydrogens is 468 g/mol. The monoisotopic (exact) mass is 496 g/mol. The van der Waals surface area contributed by atoms with Gasteiger partial charge in [0.15, 0.2) is 5.65 Å². The maximum Gasteiger partial charge on any atom is 0.413 e. The molecular formula is C20H29BrN6O4. The highest BCUT2D eigenvalue weighted by molar-refractivity contribution is 9.10. The highest BCUT2D eigenvalue weighted by Crippen LogP contribution is 2.26. The quantitative estimate of drug-likeness (QED) is 0.672. The summed E-state index contributed by atoms with van der Waals surface area (Å²) >= 11 is 3.45. The van der Waals surface area contributed by atoms with Crippen molar-refractivity contribution in [2.75, 3.05) is 36.4 Å². The molecule has 2 aromatic rings. The Morgan fingerprint density at radius 1 is 1.03 bits per heavy atom. The molecule has 0 spiro atoms. The van der Waals surface area contributed by atoms with Crippen LogP contribution in [-0.4, -0.2) is 69.1 Å². The molecule has 2 aromatic heterocycles. The number of ether oxygens (including phenoxy) is 2. The van der Waals surface area contributed by atoms with Crippen LogP contribution in [-0.2, 0) is 9.47 Å². The molecule has 0 atom stereocenters. The molecule has 0 saturated carbocycles. The van der Waals surface area contributed by atoms with Crippen LogP contribution in [0.4, 0.5) is 21.2 Å². The molecule has 3 rings (SSSR count). The fraction of sp³-hybridized carbons (Fsp3) is 0.600. The Balaban J connectivity index is 1.78. The molecule has 0 aliphatic carbocycles. The number of rotatable bonds is 2. The van der Waals surface area contributed by atoms with E-state index in [1.54, 1.807) is 37.9 Å². The summed E-state index contributed by atoms with van der Waals surface area (Å²) in [5.41, 5.74) is -0.586. The van der Waals surface area contributed by atoms with Crippen LogP contribution in [0.5, 0.6) is 0 Å². The molecule has 1 N–H and O–H groups in total. The zero-order valence-corrected chi connectivity index (χ0v) is 20.3. The molecule has 10 nitrogen and oxygen atoms in total. The molecule has 0 bridgehead atoms. The van der Waals surface area contributed by atoms with E-state index in [9.17, 15) is 9.59 Å². The van der Waals surface area contributed by atoms with E-state index >= 15 is 0 Å². The Morgan fingerprint density at radius 2 is 1.65 bits per heavy atom. The zero-order chi connectivity index (χ0) is 23.0. The molecule has 0 aromatic carbocycles. The predicted octanol–water partition coefficient (Wildman–Crippen LogP) is 3.90. The highest BCUT2D eigenvalue weighted by atomic mass is 79.9. The van der Waals surface area contributed by atoms with E-state index in [0.29, 0.717) is 47.9 Å². The minimum Gasteiger partial charge on any atom is -0.444 e. The molecule has 1 aliphatic rings. The molecule has 0 unspecified atom stereocenters. The summed E-state index contributed by atoms with van der Waals surface area (Å²) in [4.78, 5) is 33.1. The van der Waals surface area contributed by atoms with E-state index in [0.717, 1.165) is 0 Å². The molecule has 1 saturated heterocycles. The number of hydrogen-bond acceptors (Lipinski definition) is 7. The van der Waals surface area contributed by atoms with Crippen molar-refractivity contribution in [1.82, 2.24) is 19.5 Å². The lowest BCUT2D eigenvalue weighted by Crippen LogP contribution is -2.50. The van der Waals surface area contributed by atoms with E-state index in [2.05, 4.69) is 36.2 Å². The lowest BCUT2D eigenvalue weighted by molar-refractivity contribution is 0.0240. The van der Waals surface area contributed by atoms with Crippen LogP contribution >= 0.6 is 15.9 Å². The lowest BCUT2D eigenvalue weighted by Gasteiger charge is -2.36. The fourth-order valence-electron chi connectivity index (χ4n) is 3.03. The Bertz CT molecular complexity index is 970. The minimum absolute atomic E-state index is 0.318. The predicted molar refractivity (Wildman–Crippen MR) is 121 cm³/mol. The van der Waals surface area contributed by atoms with Gasteiger partial charge in [0.05, 0.1) is 10.7 Å². The second-order valence-electron chi connectivity index (χ2n) is 9.31. The molecule has 11 heteroatoms. The third kappa shape index (κ3) is 5.99. The standard InChI is InChI=1S/C20H29BrN6O4/c1-19(2,3)30-17(28)24-15-11-14(23-16-13(21)12-22-27(15)16)25-7-9-26(10-8-25)18(29)31-20(4,5)6/h11-12H,7-10H2,1-6H3,(H,24,28). The second kappa shape index (κ2) is 8.52.